The van der Waals surface area contributed by atoms with E-state index in [9.17, 15) is 0 Å². The molecule has 0 N–H and O–H groups in total. The maximum Gasteiger partial charge on any atom is 0.233 e. The van der Waals surface area contributed by atoms with Crippen LogP contribution in [-0.2, 0) is 11.3 Å². The number of hydrogen-bond donors (Lipinski definition) is 0. The zero-order valence-corrected chi connectivity index (χ0v) is 14.1. The van der Waals surface area contributed by atoms with Crippen LogP contribution < -0.4 is 0 Å². The molecule has 3 nitrogen and oxygen atoms in total. The third kappa shape index (κ3) is 3.22. The van der Waals surface area contributed by atoms with E-state index in [0.29, 0.717) is 12.5 Å². The van der Waals surface area contributed by atoms with Gasteiger partial charge >= 0.3 is 0 Å². The van der Waals surface area contributed by atoms with Gasteiger partial charge in [0.25, 0.3) is 0 Å². The number of benzene rings is 1. The van der Waals surface area contributed by atoms with Crippen molar-refractivity contribution in [1.29, 1.82) is 0 Å². The van der Waals surface area contributed by atoms with Crippen LogP contribution in [-0.4, -0.2) is 29.4 Å². The molecule has 0 radical (unpaired) electrons. The summed E-state index contributed by atoms with van der Waals surface area (Å²) in [7, 11) is 0. The highest BCUT2D eigenvalue weighted by Gasteiger charge is 2.24. The zero-order valence-electron chi connectivity index (χ0n) is 13.3. The van der Waals surface area contributed by atoms with Gasteiger partial charge in [-0.3, -0.25) is 0 Å². The lowest BCUT2D eigenvalue weighted by atomic mass is 10.1. The van der Waals surface area contributed by atoms with Crippen molar-refractivity contribution in [3.8, 4) is 0 Å². The van der Waals surface area contributed by atoms with Gasteiger partial charge in [0.15, 0.2) is 0 Å². The smallest absolute Gasteiger partial charge is 0.233 e. The van der Waals surface area contributed by atoms with Crippen molar-refractivity contribution < 1.29 is 4.74 Å². The molecule has 0 unspecified atom stereocenters. The van der Waals surface area contributed by atoms with Gasteiger partial charge in [-0.05, 0) is 42.0 Å². The first-order valence-electron chi connectivity index (χ1n) is 7.66. The van der Waals surface area contributed by atoms with Crippen LogP contribution in [0.5, 0.6) is 0 Å². The monoisotopic (exact) mass is 314 g/mol. The standard InChI is InChI=1S/C18H22N2OS/c1-13(2)16-12-21-18(19-16)17-5-4-10-20(17)11-14-6-8-15(22-3)9-7-14/h4-10,13,16H,11-12H2,1-3H3/t16-/m1/s1. The molecular weight excluding hydrogens is 292 g/mol. The summed E-state index contributed by atoms with van der Waals surface area (Å²) in [6.07, 6.45) is 4.19. The van der Waals surface area contributed by atoms with E-state index in [0.717, 1.165) is 18.1 Å². The van der Waals surface area contributed by atoms with Gasteiger partial charge in [-0.1, -0.05) is 26.0 Å². The first-order chi connectivity index (χ1) is 10.7. The van der Waals surface area contributed by atoms with E-state index in [1.165, 1.54) is 10.5 Å². The van der Waals surface area contributed by atoms with Crippen molar-refractivity contribution in [1.82, 2.24) is 4.57 Å². The Morgan fingerprint density at radius 2 is 2.05 bits per heavy atom. The van der Waals surface area contributed by atoms with E-state index in [4.69, 9.17) is 9.73 Å². The molecule has 1 aromatic carbocycles. The van der Waals surface area contributed by atoms with Crippen LogP contribution in [0.1, 0.15) is 25.1 Å². The lowest BCUT2D eigenvalue weighted by Crippen LogP contribution is -2.13. The van der Waals surface area contributed by atoms with Crippen LogP contribution >= 0.6 is 11.8 Å². The van der Waals surface area contributed by atoms with Crippen LogP contribution in [0, 0.1) is 5.92 Å². The predicted molar refractivity (Wildman–Crippen MR) is 92.9 cm³/mol. The van der Waals surface area contributed by atoms with Crippen molar-refractivity contribution in [2.24, 2.45) is 10.9 Å². The fourth-order valence-electron chi connectivity index (χ4n) is 2.54. The Kier molecular flexibility index (Phi) is 4.57. The van der Waals surface area contributed by atoms with Crippen molar-refractivity contribution in [2.75, 3.05) is 12.9 Å². The molecule has 0 aliphatic carbocycles. The molecular formula is C18H22N2OS. The fourth-order valence-corrected chi connectivity index (χ4v) is 2.95. The highest BCUT2D eigenvalue weighted by Crippen LogP contribution is 2.20. The van der Waals surface area contributed by atoms with Gasteiger partial charge < -0.3 is 9.30 Å². The quantitative estimate of drug-likeness (QED) is 0.778. The van der Waals surface area contributed by atoms with Gasteiger partial charge in [0.05, 0.1) is 6.04 Å². The first kappa shape index (κ1) is 15.2. The van der Waals surface area contributed by atoms with Crippen molar-refractivity contribution in [3.05, 3.63) is 53.9 Å². The zero-order chi connectivity index (χ0) is 15.5. The van der Waals surface area contributed by atoms with Crippen LogP contribution in [0.3, 0.4) is 0 Å². The maximum atomic E-state index is 5.81. The summed E-state index contributed by atoms with van der Waals surface area (Å²) < 4.78 is 8.02. The Morgan fingerprint density at radius 1 is 1.27 bits per heavy atom. The minimum atomic E-state index is 0.277. The number of thioether (sulfide) groups is 1. The van der Waals surface area contributed by atoms with Gasteiger partial charge in [-0.2, -0.15) is 0 Å². The number of nitrogens with zero attached hydrogens (tertiary/aromatic N) is 2. The first-order valence-corrected chi connectivity index (χ1v) is 8.89. The van der Waals surface area contributed by atoms with Crippen molar-refractivity contribution >= 4 is 17.7 Å². The minimum absolute atomic E-state index is 0.277. The third-order valence-electron chi connectivity index (χ3n) is 4.00. The Hall–Kier alpha value is -1.68. The van der Waals surface area contributed by atoms with E-state index in [-0.39, 0.29) is 6.04 Å². The molecule has 22 heavy (non-hydrogen) atoms. The van der Waals surface area contributed by atoms with Crippen molar-refractivity contribution in [3.63, 3.8) is 0 Å². The average molecular weight is 314 g/mol. The second-order valence-electron chi connectivity index (χ2n) is 5.93. The lowest BCUT2D eigenvalue weighted by Gasteiger charge is -2.09. The Balaban J connectivity index is 1.79. The number of hydrogen-bond acceptors (Lipinski definition) is 3. The summed E-state index contributed by atoms with van der Waals surface area (Å²) >= 11 is 1.77. The minimum Gasteiger partial charge on any atom is -0.474 e. The molecule has 0 saturated carbocycles. The second kappa shape index (κ2) is 6.61. The van der Waals surface area contributed by atoms with Gasteiger partial charge in [0, 0.05) is 17.6 Å². The summed E-state index contributed by atoms with van der Waals surface area (Å²) in [5.74, 6) is 1.30. The van der Waals surface area contributed by atoms with Crippen LogP contribution in [0.4, 0.5) is 0 Å². The molecule has 0 amide bonds. The number of ether oxygens (including phenoxy) is 1. The second-order valence-corrected chi connectivity index (χ2v) is 6.81. The molecule has 0 saturated heterocycles. The molecule has 0 bridgehead atoms. The summed E-state index contributed by atoms with van der Waals surface area (Å²) in [6, 6.07) is 13.1. The normalized spacial score (nSPS) is 17.6. The average Bonchev–Trinajstić information content (AvgIpc) is 3.16. The molecule has 2 aromatic rings. The summed E-state index contributed by atoms with van der Waals surface area (Å²) in [5, 5.41) is 0. The lowest BCUT2D eigenvalue weighted by molar-refractivity contribution is 0.290. The molecule has 0 fully saturated rings. The van der Waals surface area contributed by atoms with Crippen LogP contribution in [0.25, 0.3) is 0 Å². The molecule has 0 spiro atoms. The maximum absolute atomic E-state index is 5.81. The molecule has 1 aliphatic rings. The van der Waals surface area contributed by atoms with Crippen LogP contribution in [0.15, 0.2) is 52.5 Å². The molecule has 3 rings (SSSR count). The van der Waals surface area contributed by atoms with Gasteiger partial charge in [0.1, 0.15) is 12.3 Å². The van der Waals surface area contributed by atoms with Crippen LogP contribution in [0.2, 0.25) is 0 Å². The molecule has 1 aromatic heterocycles. The van der Waals surface area contributed by atoms with E-state index < -0.39 is 0 Å². The molecule has 1 aliphatic heterocycles. The van der Waals surface area contributed by atoms with Gasteiger partial charge in [0.2, 0.25) is 5.90 Å². The van der Waals surface area contributed by atoms with E-state index >= 15 is 0 Å². The number of rotatable bonds is 5. The summed E-state index contributed by atoms with van der Waals surface area (Å²) in [6.45, 7) is 5.91. The Labute approximate surface area is 136 Å². The highest BCUT2D eigenvalue weighted by atomic mass is 32.2. The van der Waals surface area contributed by atoms with E-state index in [1.807, 2.05) is 0 Å². The Bertz CT molecular complexity index is 658. The number of aromatic nitrogens is 1. The highest BCUT2D eigenvalue weighted by molar-refractivity contribution is 7.98. The summed E-state index contributed by atoms with van der Waals surface area (Å²) in [4.78, 5) is 6.02. The van der Waals surface area contributed by atoms with E-state index in [1.54, 1.807) is 11.8 Å². The van der Waals surface area contributed by atoms with Gasteiger partial charge in [-0.15, -0.1) is 11.8 Å². The predicted octanol–water partition coefficient (Wildman–Crippen LogP) is 4.06. The topological polar surface area (TPSA) is 26.5 Å². The van der Waals surface area contributed by atoms with Gasteiger partial charge in [-0.25, -0.2) is 4.99 Å². The molecule has 1 atom stereocenters. The fraction of sp³-hybridized carbons (Fsp3) is 0.389. The Morgan fingerprint density at radius 3 is 2.68 bits per heavy atom. The molecule has 2 heterocycles. The largest absolute Gasteiger partial charge is 0.474 e. The van der Waals surface area contributed by atoms with E-state index in [2.05, 4.69) is 67.3 Å². The summed E-state index contributed by atoms with van der Waals surface area (Å²) in [5.41, 5.74) is 2.35. The molecule has 4 heteroatoms. The number of aliphatic imine (C=N–C) groups is 1. The third-order valence-corrected chi connectivity index (χ3v) is 4.75. The van der Waals surface area contributed by atoms with Crippen molar-refractivity contribution in [2.45, 2.75) is 31.3 Å². The molecule has 116 valence electrons. The SMILES string of the molecule is CSc1ccc(Cn2cccc2C2=N[C@@H](C(C)C)CO2)cc1.